The van der Waals surface area contributed by atoms with Gasteiger partial charge in [0.25, 0.3) is 0 Å². The van der Waals surface area contributed by atoms with Crippen LogP contribution in [0.2, 0.25) is 0 Å². The van der Waals surface area contributed by atoms with Crippen molar-refractivity contribution >= 4 is 29.9 Å². The fourth-order valence-electron chi connectivity index (χ4n) is 2.26. The Labute approximate surface area is 158 Å². The van der Waals surface area contributed by atoms with Crippen molar-refractivity contribution in [3.05, 3.63) is 35.4 Å². The first-order valence-electron chi connectivity index (χ1n) is 8.39. The molecule has 1 aromatic carbocycles. The number of halogens is 1. The number of hydrogen-bond acceptors (Lipinski definition) is 2. The average molecular weight is 433 g/mol. The van der Waals surface area contributed by atoms with Crippen LogP contribution in [0.4, 0.5) is 0 Å². The monoisotopic (exact) mass is 433 g/mol. The van der Waals surface area contributed by atoms with Crippen molar-refractivity contribution < 1.29 is 4.74 Å². The minimum atomic E-state index is 0. The molecule has 0 fully saturated rings. The summed E-state index contributed by atoms with van der Waals surface area (Å²) < 4.78 is 5.17. The highest BCUT2D eigenvalue weighted by atomic mass is 127. The summed E-state index contributed by atoms with van der Waals surface area (Å²) in [5.74, 6) is 0.899. The van der Waals surface area contributed by atoms with Crippen molar-refractivity contribution in [3.63, 3.8) is 0 Å². The summed E-state index contributed by atoms with van der Waals surface area (Å²) in [5.41, 5.74) is 2.39. The van der Waals surface area contributed by atoms with Crippen LogP contribution in [0.15, 0.2) is 29.3 Å². The van der Waals surface area contributed by atoms with E-state index in [1.807, 2.05) is 0 Å². The van der Waals surface area contributed by atoms with E-state index in [1.54, 1.807) is 7.11 Å². The molecule has 0 saturated carbocycles. The summed E-state index contributed by atoms with van der Waals surface area (Å²) >= 11 is 0. The Morgan fingerprint density at radius 2 is 1.87 bits per heavy atom. The van der Waals surface area contributed by atoms with Gasteiger partial charge in [0, 0.05) is 20.2 Å². The van der Waals surface area contributed by atoms with E-state index in [0.717, 1.165) is 19.0 Å². The Hall–Kier alpha value is -0.820. The topological polar surface area (TPSA) is 45.7 Å². The van der Waals surface area contributed by atoms with Crippen LogP contribution >= 0.6 is 24.0 Å². The molecule has 0 bridgehead atoms. The first kappa shape index (κ1) is 22.2. The van der Waals surface area contributed by atoms with Gasteiger partial charge in [-0.3, -0.25) is 0 Å². The molecular weight excluding hydrogens is 401 g/mol. The van der Waals surface area contributed by atoms with E-state index < -0.39 is 0 Å². The molecule has 23 heavy (non-hydrogen) atoms. The fourth-order valence-corrected chi connectivity index (χ4v) is 2.26. The second kappa shape index (κ2) is 14.8. The summed E-state index contributed by atoms with van der Waals surface area (Å²) in [4.78, 5) is 4.66. The minimum Gasteiger partial charge on any atom is -0.380 e. The van der Waals surface area contributed by atoms with Gasteiger partial charge in [-0.05, 0) is 24.5 Å². The van der Waals surface area contributed by atoms with Crippen molar-refractivity contribution in [1.82, 2.24) is 10.6 Å². The highest BCUT2D eigenvalue weighted by Gasteiger charge is 1.99. The number of benzene rings is 1. The van der Waals surface area contributed by atoms with E-state index in [1.165, 1.54) is 36.8 Å². The molecule has 2 N–H and O–H groups in total. The zero-order valence-corrected chi connectivity index (χ0v) is 17.1. The Morgan fingerprint density at radius 3 is 2.57 bits per heavy atom. The normalized spacial score (nSPS) is 11.0. The minimum absolute atomic E-state index is 0. The Kier molecular flexibility index (Phi) is 14.2. The summed E-state index contributed by atoms with van der Waals surface area (Å²) in [6.45, 7) is 7.51. The molecule has 0 aliphatic heterocycles. The summed E-state index contributed by atoms with van der Waals surface area (Å²) in [7, 11) is 1.72. The summed E-state index contributed by atoms with van der Waals surface area (Å²) in [6.07, 6.45) is 5.05. The SMILES string of the molecule is CCCCCCNC(=NCc1cccc(COC)c1)NCC.I. The second-order valence-electron chi connectivity index (χ2n) is 5.44. The quantitative estimate of drug-likeness (QED) is 0.253. The Bertz CT molecular complexity index is 438. The van der Waals surface area contributed by atoms with Crippen LogP contribution in [0.25, 0.3) is 0 Å². The third-order valence-electron chi connectivity index (χ3n) is 3.39. The summed E-state index contributed by atoms with van der Waals surface area (Å²) in [6, 6.07) is 8.39. The predicted octanol–water partition coefficient (Wildman–Crippen LogP) is 4.09. The van der Waals surface area contributed by atoms with E-state index in [4.69, 9.17) is 4.74 Å². The number of rotatable bonds is 10. The smallest absolute Gasteiger partial charge is 0.191 e. The Morgan fingerprint density at radius 1 is 1.09 bits per heavy atom. The van der Waals surface area contributed by atoms with Gasteiger partial charge in [0.05, 0.1) is 13.2 Å². The van der Waals surface area contributed by atoms with Gasteiger partial charge in [-0.1, -0.05) is 50.5 Å². The maximum atomic E-state index is 5.17. The van der Waals surface area contributed by atoms with Gasteiger partial charge in [0.1, 0.15) is 0 Å². The molecule has 0 aromatic heterocycles. The lowest BCUT2D eigenvalue weighted by molar-refractivity contribution is 0.185. The van der Waals surface area contributed by atoms with Crippen molar-refractivity contribution in [2.24, 2.45) is 4.99 Å². The molecule has 4 nitrogen and oxygen atoms in total. The molecule has 1 aromatic rings. The maximum Gasteiger partial charge on any atom is 0.191 e. The highest BCUT2D eigenvalue weighted by molar-refractivity contribution is 14.0. The van der Waals surface area contributed by atoms with Crippen LogP contribution in [-0.4, -0.2) is 26.2 Å². The first-order valence-corrected chi connectivity index (χ1v) is 8.39. The number of nitrogens with zero attached hydrogens (tertiary/aromatic N) is 1. The van der Waals surface area contributed by atoms with E-state index in [0.29, 0.717) is 13.2 Å². The van der Waals surface area contributed by atoms with Crippen molar-refractivity contribution in [2.45, 2.75) is 52.7 Å². The predicted molar refractivity (Wildman–Crippen MR) is 110 cm³/mol. The van der Waals surface area contributed by atoms with Gasteiger partial charge in [-0.25, -0.2) is 4.99 Å². The van der Waals surface area contributed by atoms with E-state index in [-0.39, 0.29) is 24.0 Å². The molecule has 0 saturated heterocycles. The molecule has 132 valence electrons. The summed E-state index contributed by atoms with van der Waals surface area (Å²) in [5, 5.41) is 6.70. The lowest BCUT2D eigenvalue weighted by atomic mass is 10.1. The van der Waals surface area contributed by atoms with Gasteiger partial charge in [-0.2, -0.15) is 0 Å². The van der Waals surface area contributed by atoms with Crippen LogP contribution in [0.5, 0.6) is 0 Å². The zero-order valence-electron chi connectivity index (χ0n) is 14.7. The third-order valence-corrected chi connectivity index (χ3v) is 3.39. The lowest BCUT2D eigenvalue weighted by Gasteiger charge is -2.11. The number of unbranched alkanes of at least 4 members (excludes halogenated alkanes) is 3. The van der Waals surface area contributed by atoms with E-state index in [9.17, 15) is 0 Å². The largest absolute Gasteiger partial charge is 0.380 e. The van der Waals surface area contributed by atoms with E-state index >= 15 is 0 Å². The Balaban J connectivity index is 0.00000484. The maximum absolute atomic E-state index is 5.17. The first-order chi connectivity index (χ1) is 10.8. The van der Waals surface area contributed by atoms with Crippen molar-refractivity contribution in [2.75, 3.05) is 20.2 Å². The standard InChI is InChI=1S/C18H31N3O.HI/c1-4-6-7-8-12-20-18(19-5-2)21-14-16-10-9-11-17(13-16)15-22-3;/h9-11,13H,4-8,12,14-15H2,1-3H3,(H2,19,20,21);1H. The number of hydrogen-bond donors (Lipinski definition) is 2. The fraction of sp³-hybridized carbons (Fsp3) is 0.611. The zero-order chi connectivity index (χ0) is 16.0. The van der Waals surface area contributed by atoms with Crippen LogP contribution in [0.3, 0.4) is 0 Å². The van der Waals surface area contributed by atoms with Crippen molar-refractivity contribution in [1.29, 1.82) is 0 Å². The molecule has 0 spiro atoms. The van der Waals surface area contributed by atoms with Crippen molar-refractivity contribution in [3.8, 4) is 0 Å². The number of methoxy groups -OCH3 is 1. The molecule has 5 heteroatoms. The van der Waals surface area contributed by atoms with E-state index in [2.05, 4.69) is 53.7 Å². The molecule has 0 aliphatic carbocycles. The third kappa shape index (κ3) is 10.5. The van der Waals surface area contributed by atoms with Gasteiger partial charge in [0.15, 0.2) is 5.96 Å². The molecule has 1 rings (SSSR count). The molecule has 0 heterocycles. The van der Waals surface area contributed by atoms with Crippen LogP contribution in [-0.2, 0) is 17.9 Å². The average Bonchev–Trinajstić information content (AvgIpc) is 2.53. The lowest BCUT2D eigenvalue weighted by Crippen LogP contribution is -2.37. The second-order valence-corrected chi connectivity index (χ2v) is 5.44. The van der Waals surface area contributed by atoms with Gasteiger partial charge in [-0.15, -0.1) is 24.0 Å². The molecule has 0 aliphatic rings. The van der Waals surface area contributed by atoms with Crippen LogP contribution in [0, 0.1) is 0 Å². The van der Waals surface area contributed by atoms with Crippen LogP contribution in [0.1, 0.15) is 50.7 Å². The molecule has 0 atom stereocenters. The number of aliphatic imine (C=N–C) groups is 1. The highest BCUT2D eigenvalue weighted by Crippen LogP contribution is 2.07. The molecule has 0 amide bonds. The number of guanidine groups is 1. The number of nitrogens with one attached hydrogen (secondary N) is 2. The van der Waals surface area contributed by atoms with Gasteiger partial charge in [0.2, 0.25) is 0 Å². The molecule has 0 radical (unpaired) electrons. The molecule has 0 unspecified atom stereocenters. The van der Waals surface area contributed by atoms with Gasteiger partial charge >= 0.3 is 0 Å². The number of ether oxygens (including phenoxy) is 1. The van der Waals surface area contributed by atoms with Crippen LogP contribution < -0.4 is 10.6 Å². The van der Waals surface area contributed by atoms with Gasteiger partial charge < -0.3 is 15.4 Å². The molecular formula is C18H32IN3O.